The van der Waals surface area contributed by atoms with Crippen molar-refractivity contribution in [3.63, 3.8) is 0 Å². The Kier molecular flexibility index (Phi) is 5.11. The first-order valence-electron chi connectivity index (χ1n) is 6.96. The van der Waals surface area contributed by atoms with Crippen LogP contribution >= 0.6 is 15.9 Å². The molecular weight excluding hydrogens is 306 g/mol. The van der Waals surface area contributed by atoms with Gasteiger partial charge < -0.3 is 14.8 Å². The predicted octanol–water partition coefficient (Wildman–Crippen LogP) is 3.92. The van der Waals surface area contributed by atoms with E-state index in [1.165, 1.54) is 5.56 Å². The van der Waals surface area contributed by atoms with Gasteiger partial charge in [-0.3, -0.25) is 0 Å². The first-order chi connectivity index (χ1) is 9.13. The summed E-state index contributed by atoms with van der Waals surface area (Å²) in [6.45, 7) is 8.92. The van der Waals surface area contributed by atoms with E-state index in [-0.39, 0.29) is 0 Å². The number of nitrogens with one attached hydrogen (secondary N) is 1. The van der Waals surface area contributed by atoms with Gasteiger partial charge in [0, 0.05) is 10.5 Å². The van der Waals surface area contributed by atoms with Crippen molar-refractivity contribution in [2.75, 3.05) is 19.8 Å². The molecule has 19 heavy (non-hydrogen) atoms. The van der Waals surface area contributed by atoms with Crippen molar-refractivity contribution in [1.82, 2.24) is 5.32 Å². The van der Waals surface area contributed by atoms with Crippen molar-refractivity contribution < 1.29 is 9.47 Å². The maximum absolute atomic E-state index is 5.68. The van der Waals surface area contributed by atoms with Crippen LogP contribution < -0.4 is 14.8 Å². The van der Waals surface area contributed by atoms with Crippen molar-refractivity contribution in [2.24, 2.45) is 5.92 Å². The van der Waals surface area contributed by atoms with Gasteiger partial charge in [0.05, 0.1) is 0 Å². The minimum atomic E-state index is 0.324. The molecule has 0 aromatic heterocycles. The lowest BCUT2D eigenvalue weighted by Crippen LogP contribution is -2.27. The van der Waals surface area contributed by atoms with Crippen LogP contribution in [0, 0.1) is 5.92 Å². The van der Waals surface area contributed by atoms with E-state index in [1.807, 2.05) is 6.07 Å². The van der Waals surface area contributed by atoms with Crippen molar-refractivity contribution in [2.45, 2.75) is 33.2 Å². The van der Waals surface area contributed by atoms with Gasteiger partial charge in [-0.15, -0.1) is 0 Å². The Morgan fingerprint density at radius 2 is 1.84 bits per heavy atom. The predicted molar refractivity (Wildman–Crippen MR) is 81.0 cm³/mol. The first kappa shape index (κ1) is 14.7. The van der Waals surface area contributed by atoms with Gasteiger partial charge in [0.1, 0.15) is 13.2 Å². The maximum atomic E-state index is 5.68. The molecule has 0 bridgehead atoms. The van der Waals surface area contributed by atoms with Gasteiger partial charge >= 0.3 is 0 Å². The second-order valence-corrected chi connectivity index (χ2v) is 6.05. The summed E-state index contributed by atoms with van der Waals surface area (Å²) in [5.74, 6) is 2.21. The van der Waals surface area contributed by atoms with E-state index >= 15 is 0 Å². The number of ether oxygens (including phenoxy) is 2. The number of benzene rings is 1. The summed E-state index contributed by atoms with van der Waals surface area (Å²) in [6.07, 6.45) is 1.13. The monoisotopic (exact) mass is 327 g/mol. The second-order valence-electron chi connectivity index (χ2n) is 5.19. The molecular formula is C15H22BrNO2. The normalized spacial score (nSPS) is 15.6. The minimum Gasteiger partial charge on any atom is -0.486 e. The van der Waals surface area contributed by atoms with E-state index in [0.29, 0.717) is 25.2 Å². The first-order valence-corrected chi connectivity index (χ1v) is 7.75. The highest BCUT2D eigenvalue weighted by atomic mass is 79.9. The third kappa shape index (κ3) is 3.42. The second kappa shape index (κ2) is 6.62. The molecule has 1 N–H and O–H groups in total. The van der Waals surface area contributed by atoms with Crippen LogP contribution in [0.3, 0.4) is 0 Å². The molecule has 1 aliphatic rings. The summed E-state index contributed by atoms with van der Waals surface area (Å²) in [4.78, 5) is 0. The SMILES string of the molecule is CCCNC(c1cc2c(cc1Br)OCCO2)C(C)C. The fourth-order valence-electron chi connectivity index (χ4n) is 2.32. The third-order valence-corrected chi connectivity index (χ3v) is 3.96. The summed E-state index contributed by atoms with van der Waals surface area (Å²) >= 11 is 3.66. The van der Waals surface area contributed by atoms with Crippen molar-refractivity contribution in [1.29, 1.82) is 0 Å². The molecule has 0 saturated heterocycles. The van der Waals surface area contributed by atoms with E-state index in [4.69, 9.17) is 9.47 Å². The Bertz CT molecular complexity index is 434. The average molecular weight is 328 g/mol. The van der Waals surface area contributed by atoms with Gasteiger partial charge in [0.2, 0.25) is 0 Å². The van der Waals surface area contributed by atoms with Crippen LogP contribution in [-0.2, 0) is 0 Å². The molecule has 4 heteroatoms. The van der Waals surface area contributed by atoms with Crippen LogP contribution in [0.25, 0.3) is 0 Å². The fourth-order valence-corrected chi connectivity index (χ4v) is 2.89. The Morgan fingerprint density at radius 3 is 2.42 bits per heavy atom. The number of hydrogen-bond acceptors (Lipinski definition) is 3. The van der Waals surface area contributed by atoms with E-state index in [9.17, 15) is 0 Å². The van der Waals surface area contributed by atoms with Gasteiger partial charge in [-0.1, -0.05) is 36.7 Å². The molecule has 0 aliphatic carbocycles. The van der Waals surface area contributed by atoms with Crippen molar-refractivity contribution >= 4 is 15.9 Å². The summed E-state index contributed by atoms with van der Waals surface area (Å²) in [6, 6.07) is 4.45. The zero-order valence-electron chi connectivity index (χ0n) is 11.8. The Morgan fingerprint density at radius 1 is 1.21 bits per heavy atom. The van der Waals surface area contributed by atoms with E-state index in [1.54, 1.807) is 0 Å². The molecule has 0 amide bonds. The molecule has 0 spiro atoms. The molecule has 3 nitrogen and oxygen atoms in total. The average Bonchev–Trinajstić information content (AvgIpc) is 2.39. The fraction of sp³-hybridized carbons (Fsp3) is 0.600. The lowest BCUT2D eigenvalue weighted by atomic mass is 9.95. The maximum Gasteiger partial charge on any atom is 0.162 e. The van der Waals surface area contributed by atoms with Crippen LogP contribution in [0.2, 0.25) is 0 Å². The van der Waals surface area contributed by atoms with E-state index in [2.05, 4.69) is 48.1 Å². The smallest absolute Gasteiger partial charge is 0.162 e. The zero-order valence-corrected chi connectivity index (χ0v) is 13.4. The van der Waals surface area contributed by atoms with Crippen LogP contribution in [0.5, 0.6) is 11.5 Å². The highest BCUT2D eigenvalue weighted by molar-refractivity contribution is 9.10. The Hall–Kier alpha value is -0.740. The van der Waals surface area contributed by atoms with Gasteiger partial charge in [-0.05, 0) is 36.6 Å². The van der Waals surface area contributed by atoms with Crippen LogP contribution in [0.1, 0.15) is 38.8 Å². The Balaban J connectivity index is 2.30. The number of halogens is 1. The molecule has 1 heterocycles. The molecule has 0 fully saturated rings. The molecule has 0 radical (unpaired) electrons. The zero-order chi connectivity index (χ0) is 13.8. The largest absolute Gasteiger partial charge is 0.486 e. The molecule has 1 aromatic carbocycles. The Labute approximate surface area is 123 Å². The molecule has 1 unspecified atom stereocenters. The van der Waals surface area contributed by atoms with Crippen LogP contribution in [0.15, 0.2) is 16.6 Å². The summed E-state index contributed by atoms with van der Waals surface area (Å²) in [7, 11) is 0. The number of rotatable bonds is 5. The highest BCUT2D eigenvalue weighted by Gasteiger charge is 2.22. The van der Waals surface area contributed by atoms with Gasteiger partial charge in [-0.25, -0.2) is 0 Å². The van der Waals surface area contributed by atoms with E-state index < -0.39 is 0 Å². The number of hydrogen-bond donors (Lipinski definition) is 1. The van der Waals surface area contributed by atoms with E-state index in [0.717, 1.165) is 28.9 Å². The molecule has 2 rings (SSSR count). The molecule has 1 aromatic rings. The summed E-state index contributed by atoms with van der Waals surface area (Å²) in [5.41, 5.74) is 1.24. The lowest BCUT2D eigenvalue weighted by Gasteiger charge is -2.26. The molecule has 1 atom stereocenters. The minimum absolute atomic E-state index is 0.324. The quantitative estimate of drug-likeness (QED) is 0.889. The topological polar surface area (TPSA) is 30.5 Å². The van der Waals surface area contributed by atoms with Crippen molar-refractivity contribution in [3.05, 3.63) is 22.2 Å². The standard InChI is InChI=1S/C15H22BrNO2/c1-4-5-17-15(10(2)3)11-8-13-14(9-12(11)16)19-7-6-18-13/h8-10,15,17H,4-7H2,1-3H3. The molecule has 1 aliphatic heterocycles. The van der Waals surface area contributed by atoms with Gasteiger partial charge in [0.15, 0.2) is 11.5 Å². The van der Waals surface area contributed by atoms with Crippen LogP contribution in [0.4, 0.5) is 0 Å². The molecule has 106 valence electrons. The lowest BCUT2D eigenvalue weighted by molar-refractivity contribution is 0.171. The molecule has 0 saturated carbocycles. The van der Waals surface area contributed by atoms with Gasteiger partial charge in [0.25, 0.3) is 0 Å². The number of fused-ring (bicyclic) bond motifs is 1. The van der Waals surface area contributed by atoms with Crippen LogP contribution in [-0.4, -0.2) is 19.8 Å². The highest BCUT2D eigenvalue weighted by Crippen LogP contribution is 2.39. The van der Waals surface area contributed by atoms with Crippen molar-refractivity contribution in [3.8, 4) is 11.5 Å². The summed E-state index contributed by atoms with van der Waals surface area (Å²) < 4.78 is 12.4. The van der Waals surface area contributed by atoms with Gasteiger partial charge in [-0.2, -0.15) is 0 Å². The third-order valence-electron chi connectivity index (χ3n) is 3.28. The summed E-state index contributed by atoms with van der Waals surface area (Å²) in [5, 5.41) is 3.61.